The van der Waals surface area contributed by atoms with Crippen LogP contribution in [0, 0.1) is 11.2 Å². The Kier molecular flexibility index (Phi) is 7.04. The van der Waals surface area contributed by atoms with Gasteiger partial charge in [-0.1, -0.05) is 42.5 Å². The van der Waals surface area contributed by atoms with Gasteiger partial charge in [-0.2, -0.15) is 17.5 Å². The van der Waals surface area contributed by atoms with Gasteiger partial charge in [-0.3, -0.25) is 9.79 Å². The fourth-order valence-electron chi connectivity index (χ4n) is 6.67. The molecule has 1 atom stereocenters. The zero-order valence-electron chi connectivity index (χ0n) is 23.5. The second-order valence-electron chi connectivity index (χ2n) is 12.2. The molecule has 0 saturated heterocycles. The topological polar surface area (TPSA) is 78.8 Å². The molecule has 3 fully saturated rings. The van der Waals surface area contributed by atoms with E-state index in [-0.39, 0.29) is 17.2 Å². The van der Waals surface area contributed by atoms with E-state index in [0.29, 0.717) is 50.0 Å². The molecule has 7 rings (SSSR count). The van der Waals surface area contributed by atoms with Crippen LogP contribution in [-0.4, -0.2) is 42.0 Å². The lowest BCUT2D eigenvalue weighted by Gasteiger charge is -2.73. The van der Waals surface area contributed by atoms with Gasteiger partial charge in [0.2, 0.25) is 10.0 Å². The largest absolute Gasteiger partial charge is 0.416 e. The van der Waals surface area contributed by atoms with Crippen molar-refractivity contribution in [1.82, 2.24) is 9.62 Å². The minimum absolute atomic E-state index is 0.0548. The zero-order valence-corrected chi connectivity index (χ0v) is 24.3. The molecule has 2 bridgehead atoms. The number of amidine groups is 1. The van der Waals surface area contributed by atoms with Crippen LogP contribution >= 0.6 is 0 Å². The molecule has 0 radical (unpaired) electrons. The van der Waals surface area contributed by atoms with Crippen molar-refractivity contribution in [2.75, 3.05) is 6.54 Å². The van der Waals surface area contributed by atoms with Crippen molar-refractivity contribution in [3.63, 3.8) is 0 Å². The lowest BCUT2D eigenvalue weighted by molar-refractivity contribution is -0.151. The van der Waals surface area contributed by atoms with Gasteiger partial charge in [-0.25, -0.2) is 12.8 Å². The fourth-order valence-corrected chi connectivity index (χ4v) is 8.43. The molecule has 4 aliphatic rings. The summed E-state index contributed by atoms with van der Waals surface area (Å²) in [4.78, 5) is 17.8. The van der Waals surface area contributed by atoms with E-state index in [4.69, 9.17) is 4.99 Å². The Labute approximate surface area is 247 Å². The van der Waals surface area contributed by atoms with Crippen LogP contribution < -0.4 is 5.32 Å². The van der Waals surface area contributed by atoms with E-state index in [2.05, 4.69) is 5.32 Å². The molecular formula is C32H31F4N3O3S. The van der Waals surface area contributed by atoms with E-state index in [9.17, 15) is 30.8 Å². The van der Waals surface area contributed by atoms with Crippen molar-refractivity contribution in [2.24, 2.45) is 10.4 Å². The summed E-state index contributed by atoms with van der Waals surface area (Å²) in [7, 11) is -4.13. The third-order valence-corrected chi connectivity index (χ3v) is 11.1. The molecule has 3 aromatic carbocycles. The number of carbonyl (C=O) groups excluding carboxylic acids is 1. The standard InChI is InChI=1S/C32H31F4N3O3S/c1-29(27(40)16-9-22-5-3-2-4-6-22)21-37-28(38-29)30-18-31(19-30,20-30)39(43(41,42)26-14-12-25(33)13-15-26)17-23-7-10-24(11-8-23)32(34,35)36/h2-8,10-15H,9,16-21H2,1H3,(H,37,38)/t29-,30?,31?/m1/s1. The maximum Gasteiger partial charge on any atom is 0.416 e. The first-order chi connectivity index (χ1) is 20.2. The van der Waals surface area contributed by atoms with Crippen LogP contribution in [0.15, 0.2) is 88.8 Å². The number of halogens is 4. The number of sulfonamides is 1. The van der Waals surface area contributed by atoms with E-state index in [1.165, 1.54) is 28.6 Å². The number of hydrogen-bond acceptors (Lipinski definition) is 5. The molecule has 0 amide bonds. The molecule has 3 aromatic rings. The van der Waals surface area contributed by atoms with Crippen LogP contribution in [0.4, 0.5) is 17.6 Å². The van der Waals surface area contributed by atoms with Gasteiger partial charge < -0.3 is 5.32 Å². The molecule has 11 heteroatoms. The maximum absolute atomic E-state index is 13.9. The summed E-state index contributed by atoms with van der Waals surface area (Å²) in [5.41, 5.74) is -1.33. The number of ketones is 1. The summed E-state index contributed by atoms with van der Waals surface area (Å²) in [5, 5.41) is 3.37. The van der Waals surface area contributed by atoms with E-state index >= 15 is 0 Å². The second-order valence-corrected chi connectivity index (χ2v) is 14.1. The lowest BCUT2D eigenvalue weighted by atomic mass is 9.38. The van der Waals surface area contributed by atoms with Crippen molar-refractivity contribution in [3.8, 4) is 0 Å². The quantitative estimate of drug-likeness (QED) is 0.288. The monoisotopic (exact) mass is 613 g/mol. The Bertz CT molecular complexity index is 1650. The molecule has 3 aliphatic carbocycles. The number of hydrogen-bond donors (Lipinski definition) is 1. The molecule has 0 aromatic heterocycles. The summed E-state index contributed by atoms with van der Waals surface area (Å²) in [6, 6.07) is 18.7. The van der Waals surface area contributed by atoms with Gasteiger partial charge in [0.15, 0.2) is 5.78 Å². The Morgan fingerprint density at radius 2 is 1.56 bits per heavy atom. The third kappa shape index (κ3) is 5.26. The molecule has 226 valence electrons. The van der Waals surface area contributed by atoms with Gasteiger partial charge in [-0.05, 0) is 80.1 Å². The maximum atomic E-state index is 13.9. The molecule has 3 saturated carbocycles. The molecule has 0 spiro atoms. The Hall–Kier alpha value is -3.57. The predicted octanol–water partition coefficient (Wildman–Crippen LogP) is 5.92. The number of aryl methyl sites for hydroxylation is 1. The average Bonchev–Trinajstić information content (AvgIpc) is 3.33. The minimum Gasteiger partial charge on any atom is -0.360 e. The number of rotatable bonds is 10. The van der Waals surface area contributed by atoms with E-state index in [1.807, 2.05) is 37.3 Å². The normalized spacial score (nSPS) is 26.3. The molecule has 1 N–H and O–H groups in total. The Morgan fingerprint density at radius 1 is 0.930 bits per heavy atom. The summed E-state index contributed by atoms with van der Waals surface area (Å²) in [6.45, 7) is 2.01. The highest BCUT2D eigenvalue weighted by Gasteiger charge is 2.75. The molecule has 43 heavy (non-hydrogen) atoms. The first-order valence-electron chi connectivity index (χ1n) is 14.1. The lowest BCUT2D eigenvalue weighted by Crippen LogP contribution is -2.78. The highest BCUT2D eigenvalue weighted by molar-refractivity contribution is 7.89. The van der Waals surface area contributed by atoms with Crippen molar-refractivity contribution in [2.45, 2.75) is 67.7 Å². The summed E-state index contributed by atoms with van der Waals surface area (Å²) < 4.78 is 82.1. The van der Waals surface area contributed by atoms with Crippen LogP contribution in [0.25, 0.3) is 0 Å². The second kappa shape index (κ2) is 10.3. The smallest absolute Gasteiger partial charge is 0.360 e. The van der Waals surface area contributed by atoms with E-state index < -0.39 is 44.1 Å². The van der Waals surface area contributed by atoms with Crippen molar-refractivity contribution >= 4 is 21.6 Å². The molecule has 6 nitrogen and oxygen atoms in total. The number of aliphatic imine (C=N–C) groups is 1. The SMILES string of the molecule is C[C@]1(C(=O)CCc2ccccc2)CN=C(C23CC(N(Cc4ccc(C(F)(F)F)cc4)S(=O)(=O)c4ccc(F)cc4)(C2)C3)N1. The van der Waals surface area contributed by atoms with Crippen molar-refractivity contribution < 1.29 is 30.8 Å². The van der Waals surface area contributed by atoms with Crippen molar-refractivity contribution in [1.29, 1.82) is 0 Å². The number of alkyl halides is 3. The molecule has 0 unspecified atom stereocenters. The van der Waals surface area contributed by atoms with Gasteiger partial charge >= 0.3 is 6.18 Å². The molecule has 1 heterocycles. The van der Waals surface area contributed by atoms with Gasteiger partial charge in [0.25, 0.3) is 0 Å². The first-order valence-corrected chi connectivity index (χ1v) is 15.5. The molecule has 1 aliphatic heterocycles. The number of nitrogens with one attached hydrogen (secondary N) is 1. The van der Waals surface area contributed by atoms with Gasteiger partial charge in [0.05, 0.1) is 17.0 Å². The third-order valence-electron chi connectivity index (χ3n) is 9.09. The highest BCUT2D eigenvalue weighted by Crippen LogP contribution is 2.71. The van der Waals surface area contributed by atoms with E-state index in [0.717, 1.165) is 29.8 Å². The molecular weight excluding hydrogens is 582 g/mol. The number of nitrogens with zero attached hydrogens (tertiary/aromatic N) is 2. The predicted molar refractivity (Wildman–Crippen MR) is 153 cm³/mol. The summed E-state index contributed by atoms with van der Waals surface area (Å²) in [5.74, 6) is 0.183. The van der Waals surface area contributed by atoms with E-state index in [1.54, 1.807) is 0 Å². The Balaban J connectivity index is 1.18. The van der Waals surface area contributed by atoms with Crippen LogP contribution in [-0.2, 0) is 34.0 Å². The average molecular weight is 614 g/mol. The Morgan fingerprint density at radius 3 is 2.16 bits per heavy atom. The minimum atomic E-state index is -4.51. The van der Waals surface area contributed by atoms with Crippen LogP contribution in [0.5, 0.6) is 0 Å². The van der Waals surface area contributed by atoms with Crippen LogP contribution in [0.3, 0.4) is 0 Å². The summed E-state index contributed by atoms with van der Waals surface area (Å²) in [6.07, 6.45) is -2.14. The first kappa shape index (κ1) is 29.5. The van der Waals surface area contributed by atoms with Gasteiger partial charge in [0, 0.05) is 23.9 Å². The van der Waals surface area contributed by atoms with Gasteiger partial charge in [-0.15, -0.1) is 0 Å². The van der Waals surface area contributed by atoms with Crippen molar-refractivity contribution in [3.05, 3.63) is 101 Å². The summed E-state index contributed by atoms with van der Waals surface area (Å²) >= 11 is 0. The van der Waals surface area contributed by atoms with Crippen LogP contribution in [0.1, 0.15) is 49.3 Å². The van der Waals surface area contributed by atoms with Gasteiger partial charge in [0.1, 0.15) is 17.2 Å². The van der Waals surface area contributed by atoms with Crippen LogP contribution in [0.2, 0.25) is 0 Å². The zero-order chi connectivity index (χ0) is 30.7. The number of Topliss-reactive ketones (excluding diaryl/α,β-unsaturated/α-hetero) is 1. The number of benzene rings is 3. The highest BCUT2D eigenvalue weighted by atomic mass is 32.2. The fraction of sp³-hybridized carbons (Fsp3) is 0.375. The number of carbonyl (C=O) groups is 1.